The van der Waals surface area contributed by atoms with Gasteiger partial charge in [0.15, 0.2) is 0 Å². The van der Waals surface area contributed by atoms with Crippen LogP contribution in [0, 0.1) is 3.57 Å². The molecule has 0 amide bonds. The summed E-state index contributed by atoms with van der Waals surface area (Å²) in [5.74, 6) is 1.73. The summed E-state index contributed by atoms with van der Waals surface area (Å²) < 4.78 is 12.0. The Morgan fingerprint density at radius 1 is 0.640 bits per heavy atom. The molecular formula is C22H17IO2. The predicted octanol–water partition coefficient (Wildman–Crippen LogP) is 6.28. The molecule has 0 aliphatic carbocycles. The quantitative estimate of drug-likeness (QED) is 0.276. The van der Waals surface area contributed by atoms with Crippen molar-refractivity contribution in [2.75, 3.05) is 14.2 Å². The second kappa shape index (κ2) is 6.56. The minimum absolute atomic E-state index is 0.862. The van der Waals surface area contributed by atoms with E-state index in [1.54, 1.807) is 14.2 Å². The van der Waals surface area contributed by atoms with Gasteiger partial charge in [0.25, 0.3) is 0 Å². The van der Waals surface area contributed by atoms with Gasteiger partial charge in [-0.1, -0.05) is 42.5 Å². The van der Waals surface area contributed by atoms with Crippen molar-refractivity contribution >= 4 is 44.1 Å². The third-order valence-electron chi connectivity index (χ3n) is 4.55. The molecule has 0 bridgehead atoms. The van der Waals surface area contributed by atoms with E-state index in [9.17, 15) is 0 Å². The third-order valence-corrected chi connectivity index (χ3v) is 5.67. The normalized spacial score (nSPS) is 11.0. The Morgan fingerprint density at radius 3 is 1.92 bits per heavy atom. The van der Waals surface area contributed by atoms with E-state index in [1.807, 2.05) is 18.2 Å². The minimum atomic E-state index is 0.862. The van der Waals surface area contributed by atoms with E-state index < -0.39 is 0 Å². The van der Waals surface area contributed by atoms with Crippen LogP contribution in [0.3, 0.4) is 0 Å². The molecule has 0 N–H and O–H groups in total. The molecule has 4 aromatic rings. The summed E-state index contributed by atoms with van der Waals surface area (Å²) in [6.45, 7) is 0. The van der Waals surface area contributed by atoms with Crippen LogP contribution in [-0.2, 0) is 0 Å². The molecule has 0 spiro atoms. The van der Waals surface area contributed by atoms with Gasteiger partial charge in [-0.3, -0.25) is 0 Å². The molecule has 124 valence electrons. The molecule has 0 heterocycles. The topological polar surface area (TPSA) is 18.5 Å². The van der Waals surface area contributed by atoms with Gasteiger partial charge in [0.05, 0.1) is 14.2 Å². The second-order valence-corrected chi connectivity index (χ2v) is 6.95. The molecule has 4 rings (SSSR count). The van der Waals surface area contributed by atoms with Gasteiger partial charge in [-0.25, -0.2) is 0 Å². The van der Waals surface area contributed by atoms with Crippen LogP contribution in [0.25, 0.3) is 32.7 Å². The zero-order valence-electron chi connectivity index (χ0n) is 14.0. The maximum absolute atomic E-state index is 5.48. The van der Waals surface area contributed by atoms with Crippen LogP contribution in [0.15, 0.2) is 66.7 Å². The Bertz CT molecular complexity index is 1070. The van der Waals surface area contributed by atoms with Gasteiger partial charge in [0, 0.05) is 9.13 Å². The second-order valence-electron chi connectivity index (χ2n) is 5.87. The first-order chi connectivity index (χ1) is 12.2. The van der Waals surface area contributed by atoms with Gasteiger partial charge in [0.2, 0.25) is 0 Å². The first kappa shape index (κ1) is 16.2. The molecule has 2 nitrogen and oxygen atoms in total. The summed E-state index contributed by atoms with van der Waals surface area (Å²) in [5.41, 5.74) is 2.41. The Balaban J connectivity index is 2.13. The molecule has 0 radical (unpaired) electrons. The van der Waals surface area contributed by atoms with Gasteiger partial charge in [-0.05, 0) is 74.0 Å². The number of methoxy groups -OCH3 is 2. The highest BCUT2D eigenvalue weighted by atomic mass is 127. The molecule has 3 heteroatoms. The summed E-state index contributed by atoms with van der Waals surface area (Å²) in [4.78, 5) is 0. The van der Waals surface area contributed by atoms with Crippen molar-refractivity contribution in [1.29, 1.82) is 0 Å². The van der Waals surface area contributed by atoms with Crippen molar-refractivity contribution in [1.82, 2.24) is 0 Å². The average molecular weight is 440 g/mol. The van der Waals surface area contributed by atoms with Crippen molar-refractivity contribution < 1.29 is 9.47 Å². The number of hydrogen-bond acceptors (Lipinski definition) is 2. The summed E-state index contributed by atoms with van der Waals surface area (Å²) in [5, 5.41) is 4.98. The molecule has 0 aromatic heterocycles. The lowest BCUT2D eigenvalue weighted by atomic mass is 9.93. The maximum atomic E-state index is 5.48. The van der Waals surface area contributed by atoms with E-state index in [1.165, 1.54) is 36.2 Å². The Hall–Kier alpha value is -2.27. The highest BCUT2D eigenvalue weighted by Crippen LogP contribution is 2.41. The lowest BCUT2D eigenvalue weighted by Gasteiger charge is -2.15. The van der Waals surface area contributed by atoms with Gasteiger partial charge in [0.1, 0.15) is 11.5 Å². The number of halogens is 1. The molecule has 0 saturated carbocycles. The lowest BCUT2D eigenvalue weighted by molar-refractivity contribution is 0.415. The first-order valence-electron chi connectivity index (χ1n) is 8.05. The standard InChI is InChI=1S/C22H17IO2/c1-24-15-9-7-14(8-10-15)21-20-13-16(25-2)11-12-18(20)17-5-3-4-6-19(17)22(21)23/h3-13H,1-2H3. The number of rotatable bonds is 3. The summed E-state index contributed by atoms with van der Waals surface area (Å²) in [6, 6.07) is 23.1. The van der Waals surface area contributed by atoms with E-state index in [0.29, 0.717) is 0 Å². The van der Waals surface area contributed by atoms with Crippen LogP contribution in [-0.4, -0.2) is 14.2 Å². The van der Waals surface area contributed by atoms with Crippen molar-refractivity contribution in [3.8, 4) is 22.6 Å². The largest absolute Gasteiger partial charge is 0.497 e. The van der Waals surface area contributed by atoms with Crippen LogP contribution < -0.4 is 9.47 Å². The molecule has 0 unspecified atom stereocenters. The van der Waals surface area contributed by atoms with E-state index in [2.05, 4.69) is 71.1 Å². The highest BCUT2D eigenvalue weighted by molar-refractivity contribution is 14.1. The number of benzene rings is 4. The van der Waals surface area contributed by atoms with E-state index in [0.717, 1.165) is 11.5 Å². The Labute approximate surface area is 160 Å². The molecule has 0 aliphatic heterocycles. The molecule has 0 fully saturated rings. The van der Waals surface area contributed by atoms with Crippen molar-refractivity contribution in [2.45, 2.75) is 0 Å². The minimum Gasteiger partial charge on any atom is -0.497 e. The summed E-state index contributed by atoms with van der Waals surface area (Å²) in [6.07, 6.45) is 0. The zero-order chi connectivity index (χ0) is 17.4. The summed E-state index contributed by atoms with van der Waals surface area (Å²) in [7, 11) is 3.40. The Morgan fingerprint density at radius 2 is 1.24 bits per heavy atom. The monoisotopic (exact) mass is 440 g/mol. The zero-order valence-corrected chi connectivity index (χ0v) is 16.2. The molecular weight excluding hydrogens is 423 g/mol. The number of hydrogen-bond donors (Lipinski definition) is 0. The van der Waals surface area contributed by atoms with Crippen molar-refractivity contribution in [3.05, 3.63) is 70.3 Å². The van der Waals surface area contributed by atoms with Crippen LogP contribution in [0.4, 0.5) is 0 Å². The number of fused-ring (bicyclic) bond motifs is 3. The number of ether oxygens (including phenoxy) is 2. The van der Waals surface area contributed by atoms with Gasteiger partial charge >= 0.3 is 0 Å². The van der Waals surface area contributed by atoms with Crippen molar-refractivity contribution in [3.63, 3.8) is 0 Å². The third kappa shape index (κ3) is 2.72. The maximum Gasteiger partial charge on any atom is 0.119 e. The highest BCUT2D eigenvalue weighted by Gasteiger charge is 2.15. The molecule has 4 aromatic carbocycles. The van der Waals surface area contributed by atoms with Crippen LogP contribution in [0.2, 0.25) is 0 Å². The van der Waals surface area contributed by atoms with Crippen LogP contribution in [0.5, 0.6) is 11.5 Å². The first-order valence-corrected chi connectivity index (χ1v) is 9.13. The lowest BCUT2D eigenvalue weighted by Crippen LogP contribution is -1.92. The van der Waals surface area contributed by atoms with Crippen LogP contribution in [0.1, 0.15) is 0 Å². The van der Waals surface area contributed by atoms with Crippen molar-refractivity contribution in [2.24, 2.45) is 0 Å². The van der Waals surface area contributed by atoms with E-state index >= 15 is 0 Å². The van der Waals surface area contributed by atoms with E-state index in [-0.39, 0.29) is 0 Å². The SMILES string of the molecule is COc1ccc(-c2c(I)c3ccccc3c3ccc(OC)cc23)cc1. The van der Waals surface area contributed by atoms with Gasteiger partial charge < -0.3 is 9.47 Å². The molecule has 0 saturated heterocycles. The smallest absolute Gasteiger partial charge is 0.119 e. The fourth-order valence-corrected chi connectivity index (χ4v) is 4.37. The van der Waals surface area contributed by atoms with Gasteiger partial charge in [-0.15, -0.1) is 0 Å². The molecule has 0 aliphatic rings. The molecule has 0 atom stereocenters. The predicted molar refractivity (Wildman–Crippen MR) is 113 cm³/mol. The van der Waals surface area contributed by atoms with Gasteiger partial charge in [-0.2, -0.15) is 0 Å². The Kier molecular flexibility index (Phi) is 4.25. The summed E-state index contributed by atoms with van der Waals surface area (Å²) >= 11 is 2.46. The molecule has 25 heavy (non-hydrogen) atoms. The fourth-order valence-electron chi connectivity index (χ4n) is 3.29. The average Bonchev–Trinajstić information content (AvgIpc) is 2.68. The van der Waals surface area contributed by atoms with Crippen LogP contribution >= 0.6 is 22.6 Å². The van der Waals surface area contributed by atoms with E-state index in [4.69, 9.17) is 9.47 Å². The fraction of sp³-hybridized carbons (Fsp3) is 0.0909.